The maximum atomic E-state index is 10.4. The Bertz CT molecular complexity index is 334. The summed E-state index contributed by atoms with van der Waals surface area (Å²) in [5.41, 5.74) is 0. The minimum atomic E-state index is -1.53. The number of carbonyl (C=O) groups excluding carboxylic acids is 4. The molecule has 0 rings (SSSR count). The molecule has 1 radical (unpaired) electrons. The molecule has 0 amide bonds. The topological polar surface area (TPSA) is 230 Å². The van der Waals surface area contributed by atoms with Gasteiger partial charge in [0.15, 0.2) is 0 Å². The van der Waals surface area contributed by atoms with Crippen molar-refractivity contribution in [2.45, 2.75) is 0 Å². The Labute approximate surface area is 198 Å². The standard InChI is InChI=1S/C10H16N2O8.Mn.2Na.2H2O/c13-7(14)3-11(4-8(15)16)1-2-12(5-9(17)18)6-10(19)20;;;;;/h1-6H2,(H,13,14)(H,15,16)(H,17,18)(H,19,20);;;;2*1H2/q;+2;2*+1;;/p-4. The summed E-state index contributed by atoms with van der Waals surface area (Å²) in [5, 5.41) is 41.6. The Morgan fingerprint density at radius 2 is 0.720 bits per heavy atom. The maximum absolute atomic E-state index is 10.4. The van der Waals surface area contributed by atoms with E-state index in [2.05, 4.69) is 0 Å². The summed E-state index contributed by atoms with van der Waals surface area (Å²) < 4.78 is 0. The van der Waals surface area contributed by atoms with Crippen molar-refractivity contribution in [1.82, 2.24) is 9.80 Å². The van der Waals surface area contributed by atoms with Crippen LogP contribution in [0.25, 0.3) is 0 Å². The summed E-state index contributed by atoms with van der Waals surface area (Å²) >= 11 is 0. The molecule has 0 aromatic rings. The molecule has 15 heteroatoms. The van der Waals surface area contributed by atoms with Crippen LogP contribution in [-0.4, -0.2) is 83.9 Å². The minimum absolute atomic E-state index is 0. The number of nitrogens with zero attached hydrogens (tertiary/aromatic N) is 2. The summed E-state index contributed by atoms with van der Waals surface area (Å²) in [6.45, 7) is -3.25. The number of carboxylic acids is 4. The Hall–Kier alpha value is 0.239. The van der Waals surface area contributed by atoms with Crippen LogP contribution in [0.4, 0.5) is 0 Å². The smallest absolute Gasteiger partial charge is 0.549 e. The maximum Gasteiger partial charge on any atom is 2.00 e. The molecular formula is C10H16MnN2Na2O10. The van der Waals surface area contributed by atoms with Crippen LogP contribution >= 0.6 is 0 Å². The fourth-order valence-corrected chi connectivity index (χ4v) is 1.44. The van der Waals surface area contributed by atoms with E-state index in [9.17, 15) is 39.6 Å². The minimum Gasteiger partial charge on any atom is -0.549 e. The van der Waals surface area contributed by atoms with E-state index in [1.165, 1.54) is 0 Å². The third-order valence-electron chi connectivity index (χ3n) is 2.14. The van der Waals surface area contributed by atoms with Gasteiger partial charge in [0.05, 0.1) is 23.9 Å². The molecule has 0 fully saturated rings. The van der Waals surface area contributed by atoms with Gasteiger partial charge in [-0.25, -0.2) is 0 Å². The van der Waals surface area contributed by atoms with Crippen LogP contribution < -0.4 is 79.5 Å². The quantitative estimate of drug-likeness (QED) is 0.284. The van der Waals surface area contributed by atoms with Crippen molar-refractivity contribution in [1.29, 1.82) is 0 Å². The predicted octanol–water partition coefficient (Wildman–Crippen LogP) is -15.1. The van der Waals surface area contributed by atoms with Crippen molar-refractivity contribution in [2.24, 2.45) is 0 Å². The number of hydrogen-bond acceptors (Lipinski definition) is 10. The van der Waals surface area contributed by atoms with Crippen LogP contribution in [0.5, 0.6) is 0 Å². The van der Waals surface area contributed by atoms with E-state index in [4.69, 9.17) is 0 Å². The number of carbonyl (C=O) groups is 4. The molecule has 25 heavy (non-hydrogen) atoms. The van der Waals surface area contributed by atoms with E-state index in [0.29, 0.717) is 0 Å². The van der Waals surface area contributed by atoms with Crippen molar-refractivity contribution < 1.29 is 127 Å². The van der Waals surface area contributed by atoms with E-state index in [1.807, 2.05) is 0 Å². The third kappa shape index (κ3) is 26.6. The van der Waals surface area contributed by atoms with Gasteiger partial charge in [-0.1, -0.05) is 0 Å². The second-order valence-electron chi connectivity index (χ2n) is 3.91. The molecule has 0 saturated heterocycles. The predicted molar refractivity (Wildman–Crippen MR) is 60.1 cm³/mol. The van der Waals surface area contributed by atoms with Gasteiger partial charge in [0, 0.05) is 39.3 Å². The average molecular weight is 425 g/mol. The zero-order valence-electron chi connectivity index (χ0n) is 13.8. The first kappa shape index (κ1) is 40.1. The fraction of sp³-hybridized carbons (Fsp3) is 0.600. The van der Waals surface area contributed by atoms with Crippen LogP contribution in [0.1, 0.15) is 0 Å². The van der Waals surface area contributed by atoms with Gasteiger partial charge in [-0.3, -0.25) is 9.80 Å². The molecule has 0 spiro atoms. The molecule has 0 aromatic carbocycles. The van der Waals surface area contributed by atoms with Gasteiger partial charge in [0.2, 0.25) is 0 Å². The van der Waals surface area contributed by atoms with E-state index in [0.717, 1.165) is 9.80 Å². The molecular weight excluding hydrogens is 409 g/mol. The van der Waals surface area contributed by atoms with Crippen molar-refractivity contribution in [2.75, 3.05) is 39.3 Å². The van der Waals surface area contributed by atoms with Gasteiger partial charge in [-0.15, -0.1) is 0 Å². The van der Waals surface area contributed by atoms with Gasteiger partial charge >= 0.3 is 76.2 Å². The fourth-order valence-electron chi connectivity index (χ4n) is 1.44. The van der Waals surface area contributed by atoms with Crippen LogP contribution in [0.3, 0.4) is 0 Å². The van der Waals surface area contributed by atoms with Crippen LogP contribution in [0.2, 0.25) is 0 Å². The SMILES string of the molecule is O.O.O=C([O-])CN(CCN(CC(=O)[O-])CC(=O)[O-])CC(=O)[O-].[Mn+2].[Na+].[Na+]. The molecule has 0 aliphatic heterocycles. The number of carboxylic acid groups (broad SMARTS) is 4. The molecule has 4 N–H and O–H groups in total. The third-order valence-corrected chi connectivity index (χ3v) is 2.14. The first-order chi connectivity index (χ1) is 9.20. The van der Waals surface area contributed by atoms with Crippen molar-refractivity contribution >= 4 is 23.9 Å². The van der Waals surface area contributed by atoms with E-state index >= 15 is 0 Å². The van der Waals surface area contributed by atoms with Gasteiger partial charge in [-0.2, -0.15) is 0 Å². The molecule has 12 nitrogen and oxygen atoms in total. The van der Waals surface area contributed by atoms with Crippen molar-refractivity contribution in [3.05, 3.63) is 0 Å². The van der Waals surface area contributed by atoms with Crippen LogP contribution in [-0.2, 0) is 36.2 Å². The van der Waals surface area contributed by atoms with Gasteiger partial charge in [-0.05, 0) is 0 Å². The number of aliphatic carboxylic acids is 4. The summed E-state index contributed by atoms with van der Waals surface area (Å²) in [5.74, 6) is -6.12. The molecule has 0 unspecified atom stereocenters. The summed E-state index contributed by atoms with van der Waals surface area (Å²) in [4.78, 5) is 43.4. The summed E-state index contributed by atoms with van der Waals surface area (Å²) in [6, 6.07) is 0. The van der Waals surface area contributed by atoms with Crippen molar-refractivity contribution in [3.63, 3.8) is 0 Å². The Kier molecular flexibility index (Phi) is 35.7. The largest absolute Gasteiger partial charge is 2.00 e. The number of hydrogen-bond donors (Lipinski definition) is 0. The Morgan fingerprint density at radius 1 is 0.560 bits per heavy atom. The molecule has 0 atom stereocenters. The summed E-state index contributed by atoms with van der Waals surface area (Å²) in [7, 11) is 0. The molecule has 0 bridgehead atoms. The van der Waals surface area contributed by atoms with Crippen LogP contribution in [0.15, 0.2) is 0 Å². The van der Waals surface area contributed by atoms with Gasteiger partial charge in [0.25, 0.3) is 0 Å². The zero-order chi connectivity index (χ0) is 15.7. The van der Waals surface area contributed by atoms with E-state index in [1.54, 1.807) is 0 Å². The Morgan fingerprint density at radius 3 is 0.840 bits per heavy atom. The second kappa shape index (κ2) is 22.3. The first-order valence-corrected chi connectivity index (χ1v) is 5.44. The zero-order valence-corrected chi connectivity index (χ0v) is 19.0. The van der Waals surface area contributed by atoms with Crippen LogP contribution in [0, 0.1) is 0 Å². The Balaban J connectivity index is -0.000000180. The van der Waals surface area contributed by atoms with Crippen molar-refractivity contribution in [3.8, 4) is 0 Å². The normalized spacial score (nSPS) is 8.56. The van der Waals surface area contributed by atoms with E-state index < -0.39 is 50.1 Å². The second-order valence-corrected chi connectivity index (χ2v) is 3.91. The van der Waals surface area contributed by atoms with Gasteiger partial charge in [0.1, 0.15) is 0 Å². The molecule has 0 aromatic heterocycles. The average Bonchev–Trinajstić information content (AvgIpc) is 2.22. The summed E-state index contributed by atoms with van der Waals surface area (Å²) in [6.07, 6.45) is 0. The molecule has 0 heterocycles. The van der Waals surface area contributed by atoms with Gasteiger partial charge < -0.3 is 50.6 Å². The molecule has 0 aliphatic rings. The molecule has 0 saturated carbocycles. The first-order valence-electron chi connectivity index (χ1n) is 5.44. The molecule has 0 aliphatic carbocycles. The monoisotopic (exact) mass is 425 g/mol. The molecule has 135 valence electrons. The number of rotatable bonds is 11. The van der Waals surface area contributed by atoms with E-state index in [-0.39, 0.29) is 100 Å².